The van der Waals surface area contributed by atoms with Gasteiger partial charge in [-0.3, -0.25) is 10.6 Å². The number of aromatic nitrogens is 4. The van der Waals surface area contributed by atoms with Gasteiger partial charge in [0.05, 0.1) is 24.5 Å². The first-order valence-electron chi connectivity index (χ1n) is 14.5. The standard InChI is InChI=1S/C16H18ClN3O2.C16H16ClN3O2/c2*17-12-3-5-13(6-4-12)20-16(21)22-14-7-1-11(2-8-14)15-9-18-10-19-15/h3-6,9-11,14H,1-2,7-8H2,(H,18,19)(H,20,21);1,3-6,9-10,14H,2,7-8H2,(H,18,19)(H,20,21). The zero-order chi connectivity index (χ0) is 30.7. The number of nitrogens with zero attached hydrogens (tertiary/aromatic N) is 2. The van der Waals surface area contributed by atoms with Crippen LogP contribution >= 0.6 is 23.2 Å². The lowest BCUT2D eigenvalue weighted by atomic mass is 9.85. The second-order valence-corrected chi connectivity index (χ2v) is 11.5. The molecule has 0 bridgehead atoms. The molecular formula is C32H34Cl2N6O4. The Morgan fingerprint density at radius 1 is 0.727 bits per heavy atom. The Labute approximate surface area is 265 Å². The van der Waals surface area contributed by atoms with E-state index in [2.05, 4.69) is 36.6 Å². The van der Waals surface area contributed by atoms with Crippen LogP contribution in [0, 0.1) is 0 Å². The van der Waals surface area contributed by atoms with Gasteiger partial charge in [-0.2, -0.15) is 0 Å². The summed E-state index contributed by atoms with van der Waals surface area (Å²) in [5.74, 6) is 0.488. The summed E-state index contributed by atoms with van der Waals surface area (Å²) < 4.78 is 10.9. The van der Waals surface area contributed by atoms with E-state index in [9.17, 15) is 9.59 Å². The topological polar surface area (TPSA) is 134 Å². The van der Waals surface area contributed by atoms with E-state index in [1.807, 2.05) is 6.20 Å². The van der Waals surface area contributed by atoms with E-state index in [-0.39, 0.29) is 12.2 Å². The number of carbonyl (C=O) groups excluding carboxylic acids is 2. The first kappa shape index (κ1) is 31.2. The van der Waals surface area contributed by atoms with Gasteiger partial charge >= 0.3 is 12.2 Å². The Kier molecular flexibility index (Phi) is 10.9. The van der Waals surface area contributed by atoms with Gasteiger partial charge in [-0.1, -0.05) is 29.3 Å². The number of anilines is 2. The van der Waals surface area contributed by atoms with Crippen molar-refractivity contribution in [2.45, 2.75) is 63.1 Å². The Morgan fingerprint density at radius 2 is 1.30 bits per heavy atom. The molecular weight excluding hydrogens is 603 g/mol. The second kappa shape index (κ2) is 15.4. The van der Waals surface area contributed by atoms with Crippen molar-refractivity contribution in [2.75, 3.05) is 10.6 Å². The number of amides is 2. The van der Waals surface area contributed by atoms with Gasteiger partial charge in [-0.25, -0.2) is 19.6 Å². The van der Waals surface area contributed by atoms with Gasteiger partial charge in [0.2, 0.25) is 0 Å². The zero-order valence-corrected chi connectivity index (χ0v) is 25.5. The number of carbonyl (C=O) groups is 2. The molecule has 1 unspecified atom stereocenters. The molecule has 2 aliphatic rings. The van der Waals surface area contributed by atoms with E-state index in [0.29, 0.717) is 33.8 Å². The minimum Gasteiger partial charge on any atom is -0.446 e. The lowest BCUT2D eigenvalue weighted by Gasteiger charge is -2.27. The first-order chi connectivity index (χ1) is 21.4. The number of H-pyrrole nitrogens is 2. The number of nitrogens with one attached hydrogen (secondary N) is 4. The summed E-state index contributed by atoms with van der Waals surface area (Å²) in [6.45, 7) is 0. The fourth-order valence-electron chi connectivity index (χ4n) is 5.24. The van der Waals surface area contributed by atoms with Crippen molar-refractivity contribution in [3.8, 4) is 0 Å². The summed E-state index contributed by atoms with van der Waals surface area (Å²) in [4.78, 5) is 38.1. The molecule has 6 rings (SSSR count). The maximum absolute atomic E-state index is 11.9. The smallest absolute Gasteiger partial charge is 0.411 e. The molecule has 0 saturated heterocycles. The maximum Gasteiger partial charge on any atom is 0.411 e. The van der Waals surface area contributed by atoms with Crippen LogP contribution in [0.15, 0.2) is 79.7 Å². The Balaban J connectivity index is 0.000000175. The van der Waals surface area contributed by atoms with Gasteiger partial charge < -0.3 is 19.4 Å². The summed E-state index contributed by atoms with van der Waals surface area (Å²) in [7, 11) is 0. The van der Waals surface area contributed by atoms with Gasteiger partial charge in [0, 0.05) is 45.6 Å². The minimum atomic E-state index is -0.439. The van der Waals surface area contributed by atoms with Gasteiger partial charge in [-0.05, 0) is 92.6 Å². The predicted octanol–water partition coefficient (Wildman–Crippen LogP) is 8.59. The molecule has 0 aliphatic heterocycles. The van der Waals surface area contributed by atoms with Crippen LogP contribution in [0.1, 0.15) is 62.3 Å². The van der Waals surface area contributed by atoms with Crippen LogP contribution in [0.3, 0.4) is 0 Å². The number of halogens is 2. The summed E-state index contributed by atoms with van der Waals surface area (Å²) in [5.41, 5.74) is 4.77. The largest absolute Gasteiger partial charge is 0.446 e. The third-order valence-corrected chi connectivity index (χ3v) is 8.07. The van der Waals surface area contributed by atoms with Crippen LogP contribution in [0.25, 0.3) is 5.57 Å². The van der Waals surface area contributed by atoms with Gasteiger partial charge in [0.25, 0.3) is 0 Å². The lowest BCUT2D eigenvalue weighted by molar-refractivity contribution is 0.0819. The van der Waals surface area contributed by atoms with Crippen LogP contribution in [0.2, 0.25) is 10.0 Å². The van der Waals surface area contributed by atoms with E-state index in [0.717, 1.165) is 44.2 Å². The van der Waals surface area contributed by atoms with Crippen LogP contribution in [0.5, 0.6) is 0 Å². The molecule has 2 aliphatic carbocycles. The number of imidazole rings is 2. The molecule has 2 heterocycles. The highest BCUT2D eigenvalue weighted by molar-refractivity contribution is 6.30. The molecule has 1 atom stereocenters. The summed E-state index contributed by atoms with van der Waals surface area (Å²) in [5, 5.41) is 6.68. The average molecular weight is 638 g/mol. The quantitative estimate of drug-likeness (QED) is 0.167. The Hall–Kier alpha value is -4.28. The van der Waals surface area contributed by atoms with E-state index < -0.39 is 12.2 Å². The molecule has 4 aromatic rings. The maximum atomic E-state index is 11.9. The summed E-state index contributed by atoms with van der Waals surface area (Å²) >= 11 is 11.6. The summed E-state index contributed by atoms with van der Waals surface area (Å²) in [6, 6.07) is 13.9. The van der Waals surface area contributed by atoms with Crippen molar-refractivity contribution < 1.29 is 19.1 Å². The van der Waals surface area contributed by atoms with Crippen molar-refractivity contribution in [3.63, 3.8) is 0 Å². The second-order valence-electron chi connectivity index (χ2n) is 10.6. The number of rotatable bonds is 6. The minimum absolute atomic E-state index is 0.0218. The van der Waals surface area contributed by atoms with Crippen LogP contribution < -0.4 is 10.6 Å². The normalized spacial score (nSPS) is 19.5. The highest BCUT2D eigenvalue weighted by atomic mass is 35.5. The molecule has 10 nitrogen and oxygen atoms in total. The van der Waals surface area contributed by atoms with Crippen LogP contribution in [-0.2, 0) is 9.47 Å². The van der Waals surface area contributed by atoms with E-state index >= 15 is 0 Å². The monoisotopic (exact) mass is 636 g/mol. The van der Waals surface area contributed by atoms with Crippen molar-refractivity contribution in [3.05, 3.63) is 101 Å². The number of hydrogen-bond acceptors (Lipinski definition) is 6. The highest BCUT2D eigenvalue weighted by Crippen LogP contribution is 2.33. The SMILES string of the molecule is O=C(Nc1ccc(Cl)cc1)OC1CC=C(c2cnc[nH]2)CC1.O=C(Nc1ccc(Cl)cc1)OC1CCC(c2cnc[nH]2)CC1. The Bertz CT molecular complexity index is 1500. The molecule has 2 aromatic carbocycles. The molecule has 1 saturated carbocycles. The number of aromatic amines is 2. The molecule has 0 spiro atoms. The van der Waals surface area contributed by atoms with Crippen molar-refractivity contribution >= 4 is 52.3 Å². The number of allylic oxidation sites excluding steroid dienone is 1. The molecule has 0 radical (unpaired) electrons. The fourth-order valence-corrected chi connectivity index (χ4v) is 5.49. The molecule has 2 amide bonds. The Morgan fingerprint density at radius 3 is 1.80 bits per heavy atom. The van der Waals surface area contributed by atoms with Crippen molar-refractivity contribution in [1.29, 1.82) is 0 Å². The third kappa shape index (κ3) is 9.36. The molecule has 44 heavy (non-hydrogen) atoms. The van der Waals surface area contributed by atoms with E-state index in [1.54, 1.807) is 67.4 Å². The molecule has 12 heteroatoms. The van der Waals surface area contributed by atoms with Crippen molar-refractivity contribution in [2.24, 2.45) is 0 Å². The van der Waals surface area contributed by atoms with Gasteiger partial charge in [0.15, 0.2) is 0 Å². The van der Waals surface area contributed by atoms with Gasteiger partial charge in [-0.15, -0.1) is 0 Å². The number of ether oxygens (including phenoxy) is 2. The van der Waals surface area contributed by atoms with E-state index in [1.165, 1.54) is 11.3 Å². The number of benzene rings is 2. The third-order valence-electron chi connectivity index (χ3n) is 7.57. The van der Waals surface area contributed by atoms with E-state index in [4.69, 9.17) is 32.7 Å². The predicted molar refractivity (Wildman–Crippen MR) is 171 cm³/mol. The number of hydrogen-bond donors (Lipinski definition) is 4. The molecule has 4 N–H and O–H groups in total. The van der Waals surface area contributed by atoms with Gasteiger partial charge in [0.1, 0.15) is 12.2 Å². The molecule has 1 fully saturated rings. The molecule has 2 aromatic heterocycles. The van der Waals surface area contributed by atoms with Crippen molar-refractivity contribution in [1.82, 2.24) is 19.9 Å². The summed E-state index contributed by atoms with van der Waals surface area (Å²) in [6.07, 6.45) is 14.3. The average Bonchev–Trinajstić information content (AvgIpc) is 3.76. The lowest BCUT2D eigenvalue weighted by Crippen LogP contribution is -2.26. The van der Waals surface area contributed by atoms with Crippen LogP contribution in [0.4, 0.5) is 21.0 Å². The molecule has 230 valence electrons. The highest BCUT2D eigenvalue weighted by Gasteiger charge is 2.25. The fraction of sp³-hybridized carbons (Fsp3) is 0.312. The van der Waals surface area contributed by atoms with Crippen LogP contribution in [-0.4, -0.2) is 44.3 Å². The zero-order valence-electron chi connectivity index (χ0n) is 24.0. The first-order valence-corrected chi connectivity index (χ1v) is 15.3.